The Balaban J connectivity index is 1.55. The molecule has 0 aliphatic carbocycles. The maximum absolute atomic E-state index is 12.1. The first kappa shape index (κ1) is 15.0. The molecule has 1 aromatic carbocycles. The molecule has 0 saturated heterocycles. The zero-order chi connectivity index (χ0) is 16.2. The van der Waals surface area contributed by atoms with E-state index in [1.54, 1.807) is 24.3 Å². The first-order valence-corrected chi connectivity index (χ1v) is 7.04. The molecule has 1 atom stereocenters. The average Bonchev–Trinajstić information content (AvgIpc) is 3.22. The van der Waals surface area contributed by atoms with Gasteiger partial charge in [-0.05, 0) is 37.3 Å². The van der Waals surface area contributed by atoms with Gasteiger partial charge in [0, 0.05) is 0 Å². The van der Waals surface area contributed by atoms with Gasteiger partial charge in [-0.2, -0.15) is 0 Å². The van der Waals surface area contributed by atoms with Crippen LogP contribution in [0.15, 0.2) is 41.0 Å². The Morgan fingerprint density at radius 2 is 2.09 bits per heavy atom. The molecular weight excluding hydrogens is 302 g/mol. The van der Waals surface area contributed by atoms with Crippen LogP contribution in [0.3, 0.4) is 0 Å². The summed E-state index contributed by atoms with van der Waals surface area (Å²) < 4.78 is 20.6. The van der Waals surface area contributed by atoms with E-state index in [2.05, 4.69) is 5.32 Å². The monoisotopic (exact) mass is 317 g/mol. The third-order valence-electron chi connectivity index (χ3n) is 3.28. The molecule has 1 amide bonds. The molecule has 1 aromatic heterocycles. The number of carbonyl (C=O) groups excluding carboxylic acids is 2. The van der Waals surface area contributed by atoms with Crippen LogP contribution in [0, 0.1) is 0 Å². The fraction of sp³-hybridized carbons (Fsp3) is 0.250. The van der Waals surface area contributed by atoms with Gasteiger partial charge in [0.05, 0.1) is 18.4 Å². The summed E-state index contributed by atoms with van der Waals surface area (Å²) in [6.45, 7) is 1.86. The molecule has 0 radical (unpaired) electrons. The molecule has 2 heterocycles. The number of rotatable bonds is 5. The number of amides is 1. The molecule has 7 heteroatoms. The van der Waals surface area contributed by atoms with Crippen LogP contribution in [0.4, 0.5) is 0 Å². The fourth-order valence-corrected chi connectivity index (χ4v) is 2.04. The minimum atomic E-state index is -0.928. The van der Waals surface area contributed by atoms with E-state index < -0.39 is 18.0 Å². The van der Waals surface area contributed by atoms with Gasteiger partial charge in [0.2, 0.25) is 6.79 Å². The lowest BCUT2D eigenvalue weighted by atomic mass is 10.2. The zero-order valence-electron chi connectivity index (χ0n) is 12.4. The number of benzene rings is 1. The molecule has 0 saturated carbocycles. The summed E-state index contributed by atoms with van der Waals surface area (Å²) in [4.78, 5) is 24.0. The molecule has 1 N–H and O–H groups in total. The van der Waals surface area contributed by atoms with Gasteiger partial charge >= 0.3 is 5.97 Å². The fourth-order valence-electron chi connectivity index (χ4n) is 2.04. The van der Waals surface area contributed by atoms with Gasteiger partial charge in [-0.15, -0.1) is 0 Å². The smallest absolute Gasteiger partial charge is 0.339 e. The number of hydrogen-bond donors (Lipinski definition) is 1. The van der Waals surface area contributed by atoms with Gasteiger partial charge in [0.25, 0.3) is 5.91 Å². The zero-order valence-corrected chi connectivity index (χ0v) is 12.4. The highest BCUT2D eigenvalue weighted by Gasteiger charge is 2.21. The Bertz CT molecular complexity index is 709. The summed E-state index contributed by atoms with van der Waals surface area (Å²) in [5.41, 5.74) is 0.292. The quantitative estimate of drug-likeness (QED) is 0.847. The van der Waals surface area contributed by atoms with Crippen LogP contribution in [-0.2, 0) is 16.1 Å². The molecule has 0 bridgehead atoms. The van der Waals surface area contributed by atoms with E-state index >= 15 is 0 Å². The molecule has 3 rings (SSSR count). The molecule has 0 spiro atoms. The Labute approximate surface area is 132 Å². The topological polar surface area (TPSA) is 87.0 Å². The lowest BCUT2D eigenvalue weighted by molar-refractivity contribution is -0.129. The second-order valence-electron chi connectivity index (χ2n) is 4.91. The lowest BCUT2D eigenvalue weighted by Crippen LogP contribution is -2.35. The second-order valence-corrected chi connectivity index (χ2v) is 4.91. The number of nitrogens with one attached hydrogen (secondary N) is 1. The molecule has 1 unspecified atom stereocenters. The van der Waals surface area contributed by atoms with Crippen LogP contribution < -0.4 is 14.8 Å². The van der Waals surface area contributed by atoms with E-state index in [0.29, 0.717) is 22.8 Å². The van der Waals surface area contributed by atoms with Crippen LogP contribution in [0.2, 0.25) is 0 Å². The summed E-state index contributed by atoms with van der Waals surface area (Å²) in [6.07, 6.45) is 0.591. The van der Waals surface area contributed by atoms with Crippen molar-refractivity contribution < 1.29 is 28.2 Å². The SMILES string of the molecule is CC(OC(=O)c1ccc2c(c1)OCO2)C(=O)NCc1ccco1. The second kappa shape index (κ2) is 6.43. The Hall–Kier alpha value is -2.96. The van der Waals surface area contributed by atoms with Crippen molar-refractivity contribution in [1.29, 1.82) is 0 Å². The molecule has 1 aliphatic rings. The average molecular weight is 317 g/mol. The molecule has 7 nitrogen and oxygen atoms in total. The van der Waals surface area contributed by atoms with Crippen LogP contribution >= 0.6 is 0 Å². The number of ether oxygens (including phenoxy) is 3. The van der Waals surface area contributed by atoms with Crippen LogP contribution in [0.25, 0.3) is 0 Å². The highest BCUT2D eigenvalue weighted by Crippen LogP contribution is 2.32. The number of hydrogen-bond acceptors (Lipinski definition) is 6. The summed E-state index contributed by atoms with van der Waals surface area (Å²) in [5.74, 6) is 0.659. The van der Waals surface area contributed by atoms with Crippen molar-refractivity contribution in [2.24, 2.45) is 0 Å². The first-order valence-electron chi connectivity index (χ1n) is 7.04. The van der Waals surface area contributed by atoms with Crippen LogP contribution in [0.5, 0.6) is 11.5 Å². The Morgan fingerprint density at radius 3 is 2.87 bits per heavy atom. The van der Waals surface area contributed by atoms with Crippen molar-refractivity contribution in [2.75, 3.05) is 6.79 Å². The van der Waals surface area contributed by atoms with Crippen molar-refractivity contribution in [2.45, 2.75) is 19.6 Å². The van der Waals surface area contributed by atoms with Gasteiger partial charge in [-0.1, -0.05) is 0 Å². The summed E-state index contributed by atoms with van der Waals surface area (Å²) >= 11 is 0. The van der Waals surface area contributed by atoms with Crippen molar-refractivity contribution in [3.8, 4) is 11.5 Å². The predicted octanol–water partition coefficient (Wildman–Crippen LogP) is 1.87. The van der Waals surface area contributed by atoms with Gasteiger partial charge in [-0.3, -0.25) is 4.79 Å². The largest absolute Gasteiger partial charge is 0.467 e. The lowest BCUT2D eigenvalue weighted by Gasteiger charge is -2.13. The number of fused-ring (bicyclic) bond motifs is 1. The number of furan rings is 1. The van der Waals surface area contributed by atoms with E-state index in [4.69, 9.17) is 18.6 Å². The van der Waals surface area contributed by atoms with Crippen molar-refractivity contribution in [3.05, 3.63) is 47.9 Å². The van der Waals surface area contributed by atoms with E-state index in [1.165, 1.54) is 19.3 Å². The van der Waals surface area contributed by atoms with Gasteiger partial charge in [0.1, 0.15) is 5.76 Å². The molecular formula is C16H15NO6. The molecule has 120 valence electrons. The van der Waals surface area contributed by atoms with E-state index in [0.717, 1.165) is 0 Å². The minimum Gasteiger partial charge on any atom is -0.467 e. The van der Waals surface area contributed by atoms with Gasteiger partial charge < -0.3 is 23.9 Å². The minimum absolute atomic E-state index is 0.124. The molecule has 0 fully saturated rings. The third kappa shape index (κ3) is 3.45. The highest BCUT2D eigenvalue weighted by atomic mass is 16.7. The normalized spacial score (nSPS) is 13.4. The predicted molar refractivity (Wildman–Crippen MR) is 78.0 cm³/mol. The van der Waals surface area contributed by atoms with Gasteiger partial charge in [-0.25, -0.2) is 4.79 Å². The maximum Gasteiger partial charge on any atom is 0.339 e. The van der Waals surface area contributed by atoms with Crippen molar-refractivity contribution in [1.82, 2.24) is 5.32 Å². The molecule has 1 aliphatic heterocycles. The summed E-state index contributed by atoms with van der Waals surface area (Å²) in [7, 11) is 0. The van der Waals surface area contributed by atoms with E-state index in [-0.39, 0.29) is 13.3 Å². The Morgan fingerprint density at radius 1 is 1.26 bits per heavy atom. The van der Waals surface area contributed by atoms with Crippen LogP contribution in [-0.4, -0.2) is 24.8 Å². The van der Waals surface area contributed by atoms with E-state index in [1.807, 2.05) is 0 Å². The molecule has 23 heavy (non-hydrogen) atoms. The Kier molecular flexibility index (Phi) is 4.18. The van der Waals surface area contributed by atoms with Crippen LogP contribution in [0.1, 0.15) is 23.0 Å². The standard InChI is InChI=1S/C16H15NO6/c1-10(15(18)17-8-12-3-2-6-20-12)23-16(19)11-4-5-13-14(7-11)22-9-21-13/h2-7,10H,8-9H2,1H3,(H,17,18). The number of carbonyl (C=O) groups is 2. The summed E-state index contributed by atoms with van der Waals surface area (Å²) in [6, 6.07) is 8.18. The number of esters is 1. The van der Waals surface area contributed by atoms with Gasteiger partial charge in [0.15, 0.2) is 17.6 Å². The summed E-state index contributed by atoms with van der Waals surface area (Å²) in [5, 5.41) is 2.63. The van der Waals surface area contributed by atoms with E-state index in [9.17, 15) is 9.59 Å². The molecule has 2 aromatic rings. The first-order chi connectivity index (χ1) is 11.1. The maximum atomic E-state index is 12.1. The highest BCUT2D eigenvalue weighted by molar-refractivity contribution is 5.92. The third-order valence-corrected chi connectivity index (χ3v) is 3.28. The van der Waals surface area contributed by atoms with Crippen molar-refractivity contribution in [3.63, 3.8) is 0 Å². The van der Waals surface area contributed by atoms with Crippen molar-refractivity contribution >= 4 is 11.9 Å².